The highest BCUT2D eigenvalue weighted by Gasteiger charge is 2.07. The summed E-state index contributed by atoms with van der Waals surface area (Å²) in [4.78, 5) is 4.30. The Bertz CT molecular complexity index is 537. The molecule has 0 aliphatic carbocycles. The largest absolute Gasteiger partial charge is 0.354 e. The SMILES string of the molecule is Cc1ccc(NC(=S)N[C@@H](C)c2ccccn2)cc1. The van der Waals surface area contributed by atoms with Crippen LogP contribution in [0.3, 0.4) is 0 Å². The van der Waals surface area contributed by atoms with E-state index in [0.717, 1.165) is 11.4 Å². The number of rotatable bonds is 3. The van der Waals surface area contributed by atoms with Crippen molar-refractivity contribution in [3.05, 3.63) is 59.9 Å². The van der Waals surface area contributed by atoms with Crippen molar-refractivity contribution in [3.8, 4) is 0 Å². The van der Waals surface area contributed by atoms with E-state index in [2.05, 4.69) is 22.5 Å². The van der Waals surface area contributed by atoms with Crippen molar-refractivity contribution in [2.75, 3.05) is 5.32 Å². The molecule has 2 rings (SSSR count). The van der Waals surface area contributed by atoms with Crippen LogP contribution in [0, 0.1) is 6.92 Å². The Morgan fingerprint density at radius 1 is 1.16 bits per heavy atom. The van der Waals surface area contributed by atoms with Crippen LogP contribution in [0.2, 0.25) is 0 Å². The molecule has 98 valence electrons. The van der Waals surface area contributed by atoms with Crippen LogP contribution in [0.15, 0.2) is 48.7 Å². The number of nitrogens with one attached hydrogen (secondary N) is 2. The second kappa shape index (κ2) is 6.29. The molecule has 0 unspecified atom stereocenters. The lowest BCUT2D eigenvalue weighted by Crippen LogP contribution is -2.31. The third-order valence-electron chi connectivity index (χ3n) is 2.79. The summed E-state index contributed by atoms with van der Waals surface area (Å²) < 4.78 is 0. The minimum absolute atomic E-state index is 0.0756. The Balaban J connectivity index is 1.93. The molecule has 0 radical (unpaired) electrons. The van der Waals surface area contributed by atoms with E-state index >= 15 is 0 Å². The molecule has 0 spiro atoms. The van der Waals surface area contributed by atoms with Crippen LogP contribution in [0.1, 0.15) is 24.2 Å². The van der Waals surface area contributed by atoms with E-state index in [1.807, 2.05) is 49.4 Å². The van der Waals surface area contributed by atoms with E-state index < -0.39 is 0 Å². The number of hydrogen-bond donors (Lipinski definition) is 2. The van der Waals surface area contributed by atoms with E-state index in [-0.39, 0.29) is 6.04 Å². The van der Waals surface area contributed by atoms with Gasteiger partial charge in [-0.3, -0.25) is 4.98 Å². The van der Waals surface area contributed by atoms with E-state index in [0.29, 0.717) is 5.11 Å². The molecule has 0 saturated heterocycles. The van der Waals surface area contributed by atoms with Crippen molar-refractivity contribution in [2.24, 2.45) is 0 Å². The molecule has 4 heteroatoms. The summed E-state index contributed by atoms with van der Waals surface area (Å²) in [5, 5.41) is 6.98. The Labute approximate surface area is 119 Å². The predicted molar refractivity (Wildman–Crippen MR) is 83.2 cm³/mol. The molecule has 2 aromatic rings. The van der Waals surface area contributed by atoms with Crippen LogP contribution in [-0.2, 0) is 0 Å². The van der Waals surface area contributed by atoms with Crippen molar-refractivity contribution in [1.82, 2.24) is 10.3 Å². The molecule has 1 aromatic heterocycles. The maximum Gasteiger partial charge on any atom is 0.171 e. The summed E-state index contributed by atoms with van der Waals surface area (Å²) in [6.07, 6.45) is 1.78. The molecule has 0 aliphatic heterocycles. The van der Waals surface area contributed by atoms with Gasteiger partial charge in [-0.2, -0.15) is 0 Å². The molecule has 3 nitrogen and oxygen atoms in total. The molecule has 1 atom stereocenters. The first-order valence-electron chi connectivity index (χ1n) is 6.20. The highest BCUT2D eigenvalue weighted by molar-refractivity contribution is 7.80. The summed E-state index contributed by atoms with van der Waals surface area (Å²) >= 11 is 5.30. The number of thiocarbonyl (C=S) groups is 1. The minimum Gasteiger partial charge on any atom is -0.354 e. The van der Waals surface area contributed by atoms with Crippen molar-refractivity contribution in [1.29, 1.82) is 0 Å². The van der Waals surface area contributed by atoms with Gasteiger partial charge in [0.15, 0.2) is 5.11 Å². The van der Waals surface area contributed by atoms with Gasteiger partial charge in [0.25, 0.3) is 0 Å². The molecule has 1 aromatic carbocycles. The first-order valence-corrected chi connectivity index (χ1v) is 6.61. The molecule has 1 heterocycles. The summed E-state index contributed by atoms with van der Waals surface area (Å²) in [6.45, 7) is 4.09. The number of aromatic nitrogens is 1. The predicted octanol–water partition coefficient (Wildman–Crippen LogP) is 3.44. The van der Waals surface area contributed by atoms with Gasteiger partial charge in [0.05, 0.1) is 11.7 Å². The summed E-state index contributed by atoms with van der Waals surface area (Å²) in [6, 6.07) is 14.0. The van der Waals surface area contributed by atoms with Crippen LogP contribution in [0.4, 0.5) is 5.69 Å². The number of pyridine rings is 1. The Hall–Kier alpha value is -1.94. The van der Waals surface area contributed by atoms with Gasteiger partial charge in [-0.1, -0.05) is 23.8 Å². The molecule has 2 N–H and O–H groups in total. The lowest BCUT2D eigenvalue weighted by molar-refractivity contribution is 0.696. The van der Waals surface area contributed by atoms with Crippen LogP contribution < -0.4 is 10.6 Å². The van der Waals surface area contributed by atoms with Crippen molar-refractivity contribution < 1.29 is 0 Å². The fourth-order valence-corrected chi connectivity index (χ4v) is 2.00. The fourth-order valence-electron chi connectivity index (χ4n) is 1.71. The molecule has 0 fully saturated rings. The maximum absolute atomic E-state index is 5.30. The zero-order valence-corrected chi connectivity index (χ0v) is 11.9. The van der Waals surface area contributed by atoms with Crippen LogP contribution >= 0.6 is 12.2 Å². The smallest absolute Gasteiger partial charge is 0.171 e. The number of anilines is 1. The van der Waals surface area contributed by atoms with Gasteiger partial charge >= 0.3 is 0 Å². The second-order valence-electron chi connectivity index (χ2n) is 4.44. The van der Waals surface area contributed by atoms with Gasteiger partial charge in [0, 0.05) is 11.9 Å². The highest BCUT2D eigenvalue weighted by Crippen LogP contribution is 2.11. The van der Waals surface area contributed by atoms with Gasteiger partial charge < -0.3 is 10.6 Å². The average Bonchev–Trinajstić information content (AvgIpc) is 2.42. The quantitative estimate of drug-likeness (QED) is 0.839. The van der Waals surface area contributed by atoms with Crippen LogP contribution in [-0.4, -0.2) is 10.1 Å². The summed E-state index contributed by atoms with van der Waals surface area (Å²) in [5.41, 5.74) is 3.18. The van der Waals surface area contributed by atoms with E-state index in [9.17, 15) is 0 Å². The van der Waals surface area contributed by atoms with E-state index in [1.54, 1.807) is 6.20 Å². The molecular weight excluding hydrogens is 254 g/mol. The molecule has 0 amide bonds. The van der Waals surface area contributed by atoms with E-state index in [1.165, 1.54) is 5.56 Å². The molecule has 0 bridgehead atoms. The first-order chi connectivity index (χ1) is 9.15. The van der Waals surface area contributed by atoms with Gasteiger partial charge in [-0.25, -0.2) is 0 Å². The Morgan fingerprint density at radius 3 is 2.53 bits per heavy atom. The highest BCUT2D eigenvalue weighted by atomic mass is 32.1. The standard InChI is InChI=1S/C15H17N3S/c1-11-6-8-13(9-7-11)18-15(19)17-12(2)14-5-3-4-10-16-14/h3-10,12H,1-2H3,(H2,17,18,19)/t12-/m0/s1. The monoisotopic (exact) mass is 271 g/mol. The van der Waals surface area contributed by atoms with Crippen molar-refractivity contribution in [3.63, 3.8) is 0 Å². The molecular formula is C15H17N3S. The van der Waals surface area contributed by atoms with Gasteiger partial charge in [-0.15, -0.1) is 0 Å². The zero-order chi connectivity index (χ0) is 13.7. The maximum atomic E-state index is 5.30. The Morgan fingerprint density at radius 2 is 1.89 bits per heavy atom. The van der Waals surface area contributed by atoms with Crippen LogP contribution in [0.25, 0.3) is 0 Å². The molecule has 0 saturated carbocycles. The molecule has 0 aliphatic rings. The van der Waals surface area contributed by atoms with Crippen LogP contribution in [0.5, 0.6) is 0 Å². The normalized spacial score (nSPS) is 11.7. The van der Waals surface area contributed by atoms with Crippen molar-refractivity contribution >= 4 is 23.0 Å². The van der Waals surface area contributed by atoms with Crippen molar-refractivity contribution in [2.45, 2.75) is 19.9 Å². The third-order valence-corrected chi connectivity index (χ3v) is 3.01. The lowest BCUT2D eigenvalue weighted by atomic mass is 10.2. The topological polar surface area (TPSA) is 37.0 Å². The number of aryl methyl sites for hydroxylation is 1. The number of benzene rings is 1. The average molecular weight is 271 g/mol. The second-order valence-corrected chi connectivity index (χ2v) is 4.85. The number of nitrogens with zero attached hydrogens (tertiary/aromatic N) is 1. The fraction of sp³-hybridized carbons (Fsp3) is 0.200. The number of hydrogen-bond acceptors (Lipinski definition) is 2. The minimum atomic E-state index is 0.0756. The van der Waals surface area contributed by atoms with Gasteiger partial charge in [0.1, 0.15) is 0 Å². The van der Waals surface area contributed by atoms with Gasteiger partial charge in [0.2, 0.25) is 0 Å². The summed E-state index contributed by atoms with van der Waals surface area (Å²) in [5.74, 6) is 0. The third kappa shape index (κ3) is 4.03. The Kier molecular flexibility index (Phi) is 4.47. The summed E-state index contributed by atoms with van der Waals surface area (Å²) in [7, 11) is 0. The zero-order valence-electron chi connectivity index (χ0n) is 11.1. The van der Waals surface area contributed by atoms with Gasteiger partial charge in [-0.05, 0) is 50.3 Å². The lowest BCUT2D eigenvalue weighted by Gasteiger charge is -2.16. The van der Waals surface area contributed by atoms with E-state index in [4.69, 9.17) is 12.2 Å². The first kappa shape index (κ1) is 13.5. The molecule has 19 heavy (non-hydrogen) atoms.